The second-order valence-electron chi connectivity index (χ2n) is 4.88. The van der Waals surface area contributed by atoms with Crippen molar-refractivity contribution in [3.05, 3.63) is 0 Å². The third kappa shape index (κ3) is 5.82. The molecule has 1 rings (SSSR count). The minimum atomic E-state index is -0.841. The van der Waals surface area contributed by atoms with Gasteiger partial charge in [-0.2, -0.15) is 0 Å². The molecule has 0 radical (unpaired) electrons. The molecule has 0 heterocycles. The Hall–Kier alpha value is -0.150. The highest BCUT2D eigenvalue weighted by atomic mass is 19.1. The van der Waals surface area contributed by atoms with Crippen LogP contribution in [-0.2, 0) is 9.47 Å². The highest BCUT2D eigenvalue weighted by Crippen LogP contribution is 2.26. The molecule has 0 saturated heterocycles. The Bertz CT molecular complexity index is 187. The topological polar surface area (TPSA) is 18.5 Å². The summed E-state index contributed by atoms with van der Waals surface area (Å²) in [7, 11) is 0. The van der Waals surface area contributed by atoms with Gasteiger partial charge in [0.1, 0.15) is 6.17 Å². The fraction of sp³-hybridized carbons (Fsp3) is 1.00. The zero-order valence-corrected chi connectivity index (χ0v) is 11.3. The zero-order chi connectivity index (χ0) is 12.5. The standard InChI is InChI=1S/C14H27FO2/c1-3-5-6-7-10-17-14-9-8-12(16-4-2)11-13(14)15/h12-14H,3-11H2,1-2H3. The maximum absolute atomic E-state index is 13.8. The Morgan fingerprint density at radius 2 is 1.88 bits per heavy atom. The highest BCUT2D eigenvalue weighted by molar-refractivity contribution is 4.81. The number of halogens is 1. The van der Waals surface area contributed by atoms with Crippen molar-refractivity contribution in [1.82, 2.24) is 0 Å². The number of alkyl halides is 1. The van der Waals surface area contributed by atoms with Crippen LogP contribution in [0, 0.1) is 0 Å². The van der Waals surface area contributed by atoms with Crippen LogP contribution in [0.25, 0.3) is 0 Å². The molecule has 1 aliphatic carbocycles. The molecule has 17 heavy (non-hydrogen) atoms. The monoisotopic (exact) mass is 246 g/mol. The number of hydrogen-bond donors (Lipinski definition) is 0. The molecule has 0 bridgehead atoms. The van der Waals surface area contributed by atoms with Gasteiger partial charge in [0.2, 0.25) is 0 Å². The smallest absolute Gasteiger partial charge is 0.129 e. The molecule has 0 aromatic rings. The van der Waals surface area contributed by atoms with Gasteiger partial charge in [0.15, 0.2) is 0 Å². The van der Waals surface area contributed by atoms with Crippen molar-refractivity contribution in [1.29, 1.82) is 0 Å². The van der Waals surface area contributed by atoms with Crippen molar-refractivity contribution in [2.75, 3.05) is 13.2 Å². The van der Waals surface area contributed by atoms with Crippen molar-refractivity contribution in [3.8, 4) is 0 Å². The lowest BCUT2D eigenvalue weighted by Crippen LogP contribution is -2.36. The van der Waals surface area contributed by atoms with E-state index in [1.165, 1.54) is 19.3 Å². The predicted octanol–water partition coefficient (Wildman–Crippen LogP) is 3.88. The van der Waals surface area contributed by atoms with Gasteiger partial charge in [-0.3, -0.25) is 0 Å². The lowest BCUT2D eigenvalue weighted by Gasteiger charge is -2.31. The summed E-state index contributed by atoms with van der Waals surface area (Å²) in [5, 5.41) is 0. The number of hydrogen-bond acceptors (Lipinski definition) is 2. The number of ether oxygens (including phenoxy) is 2. The van der Waals surface area contributed by atoms with E-state index in [0.29, 0.717) is 19.6 Å². The van der Waals surface area contributed by atoms with Gasteiger partial charge in [-0.05, 0) is 26.2 Å². The first-order chi connectivity index (χ1) is 8.27. The first-order valence-electron chi connectivity index (χ1n) is 7.15. The molecule has 1 fully saturated rings. The van der Waals surface area contributed by atoms with Crippen LogP contribution in [-0.4, -0.2) is 31.6 Å². The van der Waals surface area contributed by atoms with E-state index in [0.717, 1.165) is 19.3 Å². The average molecular weight is 246 g/mol. The average Bonchev–Trinajstić information content (AvgIpc) is 2.32. The van der Waals surface area contributed by atoms with E-state index in [9.17, 15) is 4.39 Å². The van der Waals surface area contributed by atoms with Crippen LogP contribution in [0.4, 0.5) is 4.39 Å². The Morgan fingerprint density at radius 3 is 2.53 bits per heavy atom. The zero-order valence-electron chi connectivity index (χ0n) is 11.3. The molecule has 3 unspecified atom stereocenters. The third-order valence-corrected chi connectivity index (χ3v) is 3.40. The van der Waals surface area contributed by atoms with E-state index < -0.39 is 6.17 Å². The van der Waals surface area contributed by atoms with Gasteiger partial charge in [-0.1, -0.05) is 26.2 Å². The molecule has 0 amide bonds. The van der Waals surface area contributed by atoms with Crippen LogP contribution in [0.5, 0.6) is 0 Å². The van der Waals surface area contributed by atoms with Crippen molar-refractivity contribution < 1.29 is 13.9 Å². The van der Waals surface area contributed by atoms with E-state index in [1.54, 1.807) is 0 Å². The fourth-order valence-corrected chi connectivity index (χ4v) is 2.39. The first-order valence-corrected chi connectivity index (χ1v) is 7.15. The molecule has 0 N–H and O–H groups in total. The van der Waals surface area contributed by atoms with E-state index in [4.69, 9.17) is 9.47 Å². The van der Waals surface area contributed by atoms with Crippen molar-refractivity contribution in [3.63, 3.8) is 0 Å². The Balaban J connectivity index is 2.10. The molecule has 0 aromatic carbocycles. The second-order valence-corrected chi connectivity index (χ2v) is 4.88. The van der Waals surface area contributed by atoms with Gasteiger partial charge >= 0.3 is 0 Å². The van der Waals surface area contributed by atoms with Gasteiger partial charge < -0.3 is 9.47 Å². The predicted molar refractivity (Wildman–Crippen MR) is 68.0 cm³/mol. The van der Waals surface area contributed by atoms with Gasteiger partial charge in [0.25, 0.3) is 0 Å². The summed E-state index contributed by atoms with van der Waals surface area (Å²) in [6.45, 7) is 5.54. The Labute approximate surface area is 105 Å². The quantitative estimate of drug-likeness (QED) is 0.605. The lowest BCUT2D eigenvalue weighted by atomic mass is 9.93. The maximum atomic E-state index is 13.8. The summed E-state index contributed by atoms with van der Waals surface area (Å²) in [4.78, 5) is 0. The summed E-state index contributed by atoms with van der Waals surface area (Å²) >= 11 is 0. The molecular formula is C14H27FO2. The van der Waals surface area contributed by atoms with Crippen molar-refractivity contribution in [2.45, 2.75) is 77.2 Å². The summed E-state index contributed by atoms with van der Waals surface area (Å²) in [5.41, 5.74) is 0. The normalized spacial score (nSPS) is 29.5. The molecule has 1 aliphatic rings. The van der Waals surface area contributed by atoms with Crippen LogP contribution in [0.3, 0.4) is 0 Å². The molecule has 3 atom stereocenters. The summed E-state index contributed by atoms with van der Waals surface area (Å²) in [5.74, 6) is 0. The Morgan fingerprint density at radius 1 is 1.06 bits per heavy atom. The van der Waals surface area contributed by atoms with Crippen LogP contribution < -0.4 is 0 Å². The molecule has 102 valence electrons. The summed E-state index contributed by atoms with van der Waals surface area (Å²) in [6, 6.07) is 0. The maximum Gasteiger partial charge on any atom is 0.129 e. The van der Waals surface area contributed by atoms with E-state index in [-0.39, 0.29) is 12.2 Å². The minimum Gasteiger partial charge on any atom is -0.378 e. The van der Waals surface area contributed by atoms with E-state index in [2.05, 4.69) is 6.92 Å². The third-order valence-electron chi connectivity index (χ3n) is 3.40. The lowest BCUT2D eigenvalue weighted by molar-refractivity contribution is -0.0719. The van der Waals surface area contributed by atoms with Crippen LogP contribution in [0.2, 0.25) is 0 Å². The molecule has 0 aromatic heterocycles. The first kappa shape index (κ1) is 14.9. The van der Waals surface area contributed by atoms with Crippen molar-refractivity contribution >= 4 is 0 Å². The van der Waals surface area contributed by atoms with Crippen molar-refractivity contribution in [2.24, 2.45) is 0 Å². The highest BCUT2D eigenvalue weighted by Gasteiger charge is 2.31. The number of unbranched alkanes of at least 4 members (excludes halogenated alkanes) is 3. The SMILES string of the molecule is CCCCCCOC1CCC(OCC)CC1F. The van der Waals surface area contributed by atoms with E-state index >= 15 is 0 Å². The Kier molecular flexibility index (Phi) is 7.78. The molecule has 1 saturated carbocycles. The van der Waals surface area contributed by atoms with Crippen LogP contribution >= 0.6 is 0 Å². The largest absolute Gasteiger partial charge is 0.378 e. The fourth-order valence-electron chi connectivity index (χ4n) is 2.39. The molecule has 2 nitrogen and oxygen atoms in total. The van der Waals surface area contributed by atoms with Crippen LogP contribution in [0.15, 0.2) is 0 Å². The molecular weight excluding hydrogens is 219 g/mol. The van der Waals surface area contributed by atoms with Gasteiger partial charge in [-0.15, -0.1) is 0 Å². The molecule has 0 aliphatic heterocycles. The summed E-state index contributed by atoms with van der Waals surface area (Å²) in [6.07, 6.45) is 6.06. The second kappa shape index (κ2) is 8.87. The summed E-state index contributed by atoms with van der Waals surface area (Å²) < 4.78 is 24.9. The van der Waals surface area contributed by atoms with Gasteiger partial charge in [-0.25, -0.2) is 4.39 Å². The van der Waals surface area contributed by atoms with Gasteiger partial charge in [0.05, 0.1) is 12.2 Å². The number of rotatable bonds is 8. The van der Waals surface area contributed by atoms with Gasteiger partial charge in [0, 0.05) is 19.6 Å². The van der Waals surface area contributed by atoms with Crippen LogP contribution in [0.1, 0.15) is 58.8 Å². The minimum absolute atomic E-state index is 0.106. The van der Waals surface area contributed by atoms with E-state index in [1.807, 2.05) is 6.92 Å². The molecule has 0 spiro atoms. The molecule has 3 heteroatoms.